The summed E-state index contributed by atoms with van der Waals surface area (Å²) in [5, 5.41) is 2.83. The largest absolute Gasteiger partial charge is 0.358 e. The van der Waals surface area contributed by atoms with E-state index >= 15 is 0 Å². The van der Waals surface area contributed by atoms with Gasteiger partial charge in [0.1, 0.15) is 0 Å². The van der Waals surface area contributed by atoms with Crippen LogP contribution in [0.1, 0.15) is 0 Å². The van der Waals surface area contributed by atoms with Gasteiger partial charge >= 0.3 is 0 Å². The molecule has 0 heterocycles. The number of nitrogens with zero attached hydrogens (tertiary/aromatic N) is 1. The minimum atomic E-state index is 0.729. The molecule has 3 N–H and O–H groups in total. The fraction of sp³-hybridized carbons (Fsp3) is 0.750. The van der Waals surface area contributed by atoms with Crippen LogP contribution in [0.25, 0.3) is 0 Å². The van der Waals surface area contributed by atoms with Gasteiger partial charge in [-0.05, 0) is 0 Å². The second-order valence-electron chi connectivity index (χ2n) is 1.20. The molecular weight excluding hydrogens is 104 g/mol. The predicted molar refractivity (Wildman–Crippen MR) is 34.6 cm³/mol. The maximum absolute atomic E-state index is 3.83. The zero-order valence-corrected chi connectivity index (χ0v) is 5.45. The van der Waals surface area contributed by atoms with Crippen LogP contribution < -0.4 is 16.2 Å². The van der Waals surface area contributed by atoms with E-state index in [1.807, 2.05) is 0 Å². The number of aliphatic imine (C=N–C) groups is 1. The maximum atomic E-state index is 3.83. The fourth-order valence-corrected chi connectivity index (χ4v) is 0.349. The highest BCUT2D eigenvalue weighted by molar-refractivity contribution is 5.78. The minimum Gasteiger partial charge on any atom is -0.358 e. The first-order chi connectivity index (χ1) is 3.85. The second kappa shape index (κ2) is 4.39. The third-order valence-corrected chi connectivity index (χ3v) is 0.704. The van der Waals surface area contributed by atoms with E-state index < -0.39 is 0 Å². The van der Waals surface area contributed by atoms with Gasteiger partial charge in [-0.15, -0.1) is 0 Å². The van der Waals surface area contributed by atoms with Crippen molar-refractivity contribution in [2.75, 3.05) is 21.1 Å². The van der Waals surface area contributed by atoms with Crippen molar-refractivity contribution in [3.8, 4) is 0 Å². The molecule has 0 aromatic rings. The van der Waals surface area contributed by atoms with Crippen molar-refractivity contribution in [2.45, 2.75) is 0 Å². The molecule has 48 valence electrons. The molecule has 0 aliphatic heterocycles. The van der Waals surface area contributed by atoms with Crippen LogP contribution in [0.4, 0.5) is 0 Å². The second-order valence-corrected chi connectivity index (χ2v) is 1.20. The molecule has 0 saturated carbocycles. The molecule has 0 aliphatic rings. The molecule has 4 nitrogen and oxygen atoms in total. The van der Waals surface area contributed by atoms with Gasteiger partial charge in [0.25, 0.3) is 0 Å². The van der Waals surface area contributed by atoms with Crippen LogP contribution in [0.5, 0.6) is 0 Å². The highest BCUT2D eigenvalue weighted by atomic mass is 15.4. The zero-order valence-electron chi connectivity index (χ0n) is 5.45. The highest BCUT2D eigenvalue weighted by Crippen LogP contribution is 1.55. The maximum Gasteiger partial charge on any atom is 0.205 e. The molecule has 0 bridgehead atoms. The Morgan fingerprint density at radius 1 is 1.38 bits per heavy atom. The summed E-state index contributed by atoms with van der Waals surface area (Å²) in [6.07, 6.45) is 0. The third-order valence-electron chi connectivity index (χ3n) is 0.704. The predicted octanol–water partition coefficient (Wildman–Crippen LogP) is -1.08. The van der Waals surface area contributed by atoms with Gasteiger partial charge in [0.05, 0.1) is 0 Å². The molecule has 0 rings (SSSR count). The van der Waals surface area contributed by atoms with E-state index in [1.165, 1.54) is 0 Å². The normalized spacial score (nSPS) is 11.1. The van der Waals surface area contributed by atoms with Crippen molar-refractivity contribution in [3.63, 3.8) is 0 Å². The summed E-state index contributed by atoms with van der Waals surface area (Å²) in [6.45, 7) is 0. The van der Waals surface area contributed by atoms with Crippen molar-refractivity contribution < 1.29 is 0 Å². The van der Waals surface area contributed by atoms with E-state index in [4.69, 9.17) is 0 Å². The summed E-state index contributed by atoms with van der Waals surface area (Å²) in [5.41, 5.74) is 5.50. The van der Waals surface area contributed by atoms with Crippen LogP contribution in [0.15, 0.2) is 4.99 Å². The van der Waals surface area contributed by atoms with E-state index in [-0.39, 0.29) is 0 Å². The molecule has 4 heteroatoms. The topological polar surface area (TPSA) is 48.5 Å². The summed E-state index contributed by atoms with van der Waals surface area (Å²) >= 11 is 0. The summed E-state index contributed by atoms with van der Waals surface area (Å²) in [5.74, 6) is 0.729. The van der Waals surface area contributed by atoms with Gasteiger partial charge < -0.3 is 5.32 Å². The van der Waals surface area contributed by atoms with Crippen LogP contribution in [-0.4, -0.2) is 27.1 Å². The standard InChI is InChI=1S/C4H12N4/c1-5-4(6-2)8-7-3/h7H,1-3H3,(H2,5,6,8). The average molecular weight is 116 g/mol. The quantitative estimate of drug-likeness (QED) is 0.232. The number of nitrogens with one attached hydrogen (secondary N) is 3. The van der Waals surface area contributed by atoms with E-state index in [9.17, 15) is 0 Å². The number of guanidine groups is 1. The average Bonchev–Trinajstić information content (AvgIpc) is 1.83. The molecule has 0 amide bonds. The van der Waals surface area contributed by atoms with Gasteiger partial charge in [-0.2, -0.15) is 0 Å². The summed E-state index contributed by atoms with van der Waals surface area (Å²) < 4.78 is 0. The Labute approximate surface area is 49.3 Å². The molecule has 8 heavy (non-hydrogen) atoms. The lowest BCUT2D eigenvalue weighted by molar-refractivity contribution is 0.743. The number of hydrogen-bond acceptors (Lipinski definition) is 2. The van der Waals surface area contributed by atoms with Gasteiger partial charge in [0.15, 0.2) is 0 Å². The SMILES string of the molecule is C/N=C(\NC)NNC. The van der Waals surface area contributed by atoms with Gasteiger partial charge in [0.2, 0.25) is 5.96 Å². The lowest BCUT2D eigenvalue weighted by atomic mass is 10.9. The molecule has 0 saturated heterocycles. The Bertz CT molecular complexity index is 78.1. The summed E-state index contributed by atoms with van der Waals surface area (Å²) in [4.78, 5) is 3.83. The molecule has 0 fully saturated rings. The third kappa shape index (κ3) is 2.41. The first-order valence-corrected chi connectivity index (χ1v) is 2.42. The lowest BCUT2D eigenvalue weighted by Gasteiger charge is -2.04. The Morgan fingerprint density at radius 2 is 2.00 bits per heavy atom. The first-order valence-electron chi connectivity index (χ1n) is 2.42. The van der Waals surface area contributed by atoms with E-state index in [0.717, 1.165) is 5.96 Å². The molecule has 0 radical (unpaired) electrons. The first kappa shape index (κ1) is 7.23. The van der Waals surface area contributed by atoms with Gasteiger partial charge in [0, 0.05) is 21.1 Å². The fourth-order valence-electron chi connectivity index (χ4n) is 0.349. The molecular formula is C4H12N4. The van der Waals surface area contributed by atoms with Crippen LogP contribution >= 0.6 is 0 Å². The minimum absolute atomic E-state index is 0.729. The Hall–Kier alpha value is -0.770. The Balaban J connectivity index is 3.38. The van der Waals surface area contributed by atoms with E-state index in [2.05, 4.69) is 21.2 Å². The van der Waals surface area contributed by atoms with Crippen molar-refractivity contribution in [2.24, 2.45) is 4.99 Å². The summed E-state index contributed by atoms with van der Waals surface area (Å²) in [7, 11) is 5.28. The molecule has 0 aromatic heterocycles. The molecule has 0 unspecified atom stereocenters. The van der Waals surface area contributed by atoms with Crippen LogP contribution in [0.3, 0.4) is 0 Å². The van der Waals surface area contributed by atoms with E-state index in [1.54, 1.807) is 21.1 Å². The summed E-state index contributed by atoms with van der Waals surface area (Å²) in [6, 6.07) is 0. The Morgan fingerprint density at radius 3 is 2.12 bits per heavy atom. The van der Waals surface area contributed by atoms with Crippen LogP contribution in [0.2, 0.25) is 0 Å². The number of hydrazine groups is 1. The number of hydrogen-bond donors (Lipinski definition) is 3. The smallest absolute Gasteiger partial charge is 0.205 e. The zero-order chi connectivity index (χ0) is 6.41. The lowest BCUT2D eigenvalue weighted by Crippen LogP contribution is -2.41. The van der Waals surface area contributed by atoms with Gasteiger partial charge in [-0.25, -0.2) is 5.43 Å². The van der Waals surface area contributed by atoms with Crippen LogP contribution in [0, 0.1) is 0 Å². The van der Waals surface area contributed by atoms with Gasteiger partial charge in [-0.3, -0.25) is 10.4 Å². The molecule has 0 aromatic carbocycles. The number of rotatable bonds is 1. The van der Waals surface area contributed by atoms with Gasteiger partial charge in [-0.1, -0.05) is 0 Å². The van der Waals surface area contributed by atoms with Crippen molar-refractivity contribution in [3.05, 3.63) is 0 Å². The molecule has 0 spiro atoms. The molecule has 0 atom stereocenters. The highest BCUT2D eigenvalue weighted by Gasteiger charge is 1.83. The molecule has 0 aliphatic carbocycles. The van der Waals surface area contributed by atoms with Crippen LogP contribution in [-0.2, 0) is 0 Å². The Kier molecular flexibility index (Phi) is 3.97. The van der Waals surface area contributed by atoms with Crippen molar-refractivity contribution in [1.29, 1.82) is 0 Å². The van der Waals surface area contributed by atoms with Crippen molar-refractivity contribution in [1.82, 2.24) is 16.2 Å². The van der Waals surface area contributed by atoms with E-state index in [0.29, 0.717) is 0 Å². The van der Waals surface area contributed by atoms with Crippen molar-refractivity contribution >= 4 is 5.96 Å². The monoisotopic (exact) mass is 116 g/mol.